The Morgan fingerprint density at radius 3 is 3.17 bits per heavy atom. The highest BCUT2D eigenvalue weighted by atomic mass is 35.5. The van der Waals surface area contributed by atoms with Crippen molar-refractivity contribution in [1.29, 1.82) is 0 Å². The molecule has 0 aliphatic carbocycles. The van der Waals surface area contributed by atoms with Gasteiger partial charge in [-0.15, -0.1) is 11.3 Å². The van der Waals surface area contributed by atoms with Gasteiger partial charge in [-0.1, -0.05) is 11.6 Å². The van der Waals surface area contributed by atoms with Crippen LogP contribution in [0.15, 0.2) is 12.1 Å². The first-order valence-corrected chi connectivity index (χ1v) is 7.37. The van der Waals surface area contributed by atoms with Crippen LogP contribution in [-0.2, 0) is 11.3 Å². The maximum absolute atomic E-state index is 5.96. The predicted octanol–water partition coefficient (Wildman–Crippen LogP) is 3.50. The molecule has 1 N–H and O–H groups in total. The van der Waals surface area contributed by atoms with Crippen molar-refractivity contribution >= 4 is 35.2 Å². The maximum Gasteiger partial charge on any atom is 0.195 e. The first kappa shape index (κ1) is 12.3. The van der Waals surface area contributed by atoms with E-state index < -0.39 is 0 Å². The molecule has 2 aromatic rings. The number of nitrogens with one attached hydrogen (secondary N) is 1. The number of H-pyrrole nitrogens is 1. The van der Waals surface area contributed by atoms with Gasteiger partial charge in [0, 0.05) is 6.61 Å². The fraction of sp³-hybridized carbons (Fsp3) is 0.455. The number of ether oxygens (including phenoxy) is 1. The summed E-state index contributed by atoms with van der Waals surface area (Å²) in [7, 11) is 0. The normalized spacial score (nSPS) is 19.5. The Morgan fingerprint density at radius 2 is 2.50 bits per heavy atom. The third-order valence-corrected chi connectivity index (χ3v) is 4.50. The molecule has 96 valence electrons. The lowest BCUT2D eigenvalue weighted by Gasteiger charge is -2.11. The van der Waals surface area contributed by atoms with E-state index in [9.17, 15) is 0 Å². The van der Waals surface area contributed by atoms with Gasteiger partial charge in [0.2, 0.25) is 0 Å². The number of nitrogens with zero attached hydrogens (tertiary/aromatic N) is 2. The number of thiophene rings is 1. The van der Waals surface area contributed by atoms with E-state index in [1.165, 1.54) is 11.3 Å². The molecule has 1 aliphatic heterocycles. The number of halogens is 1. The van der Waals surface area contributed by atoms with Gasteiger partial charge in [0.05, 0.1) is 21.9 Å². The van der Waals surface area contributed by atoms with Crippen LogP contribution in [0.25, 0.3) is 10.7 Å². The van der Waals surface area contributed by atoms with Gasteiger partial charge in [0.1, 0.15) is 0 Å². The SMILES string of the molecule is S=c1[nH]nc(-c2ccc(Cl)s2)n1C[C@@H]1CCCO1. The lowest BCUT2D eigenvalue weighted by Crippen LogP contribution is -2.15. The molecule has 0 saturated carbocycles. The van der Waals surface area contributed by atoms with Crippen LogP contribution in [0.1, 0.15) is 12.8 Å². The summed E-state index contributed by atoms with van der Waals surface area (Å²) in [5, 5.41) is 7.13. The molecular formula is C11H12ClN3OS2. The minimum Gasteiger partial charge on any atom is -0.376 e. The maximum atomic E-state index is 5.96. The van der Waals surface area contributed by atoms with Crippen molar-refractivity contribution in [3.63, 3.8) is 0 Å². The van der Waals surface area contributed by atoms with E-state index >= 15 is 0 Å². The average molecular weight is 302 g/mol. The summed E-state index contributed by atoms with van der Waals surface area (Å²) >= 11 is 12.7. The number of aromatic nitrogens is 3. The first-order valence-electron chi connectivity index (χ1n) is 5.76. The van der Waals surface area contributed by atoms with Gasteiger partial charge in [-0.25, -0.2) is 0 Å². The van der Waals surface area contributed by atoms with Crippen molar-refractivity contribution in [3.05, 3.63) is 21.2 Å². The van der Waals surface area contributed by atoms with E-state index in [-0.39, 0.29) is 6.10 Å². The van der Waals surface area contributed by atoms with Gasteiger partial charge < -0.3 is 4.74 Å². The Labute approximate surface area is 119 Å². The molecular weight excluding hydrogens is 290 g/mol. The quantitative estimate of drug-likeness (QED) is 0.882. The van der Waals surface area contributed by atoms with Crippen LogP contribution in [0.5, 0.6) is 0 Å². The highest BCUT2D eigenvalue weighted by molar-refractivity contribution is 7.71. The van der Waals surface area contributed by atoms with E-state index in [2.05, 4.69) is 10.2 Å². The first-order chi connectivity index (χ1) is 8.74. The van der Waals surface area contributed by atoms with Crippen LogP contribution in [0, 0.1) is 4.77 Å². The zero-order chi connectivity index (χ0) is 12.5. The zero-order valence-corrected chi connectivity index (χ0v) is 11.9. The van der Waals surface area contributed by atoms with E-state index in [0.717, 1.165) is 41.0 Å². The third-order valence-electron chi connectivity index (χ3n) is 2.96. The van der Waals surface area contributed by atoms with Crippen LogP contribution >= 0.6 is 35.2 Å². The van der Waals surface area contributed by atoms with Gasteiger partial charge in [0.15, 0.2) is 10.6 Å². The smallest absolute Gasteiger partial charge is 0.195 e. The summed E-state index contributed by atoms with van der Waals surface area (Å²) in [5.74, 6) is 0.840. The van der Waals surface area contributed by atoms with Crippen molar-refractivity contribution in [1.82, 2.24) is 14.8 Å². The highest BCUT2D eigenvalue weighted by Crippen LogP contribution is 2.30. The Bertz CT molecular complexity index is 597. The van der Waals surface area contributed by atoms with Gasteiger partial charge in [-0.05, 0) is 37.2 Å². The molecule has 3 heterocycles. The Balaban J connectivity index is 1.93. The third kappa shape index (κ3) is 2.38. The predicted molar refractivity (Wildman–Crippen MR) is 74.7 cm³/mol. The average Bonchev–Trinajstić information content (AvgIpc) is 3.04. The van der Waals surface area contributed by atoms with E-state index in [1.54, 1.807) is 0 Å². The molecule has 3 rings (SSSR count). The van der Waals surface area contributed by atoms with Gasteiger partial charge >= 0.3 is 0 Å². The summed E-state index contributed by atoms with van der Waals surface area (Å²) in [5.41, 5.74) is 0. The summed E-state index contributed by atoms with van der Waals surface area (Å²) < 4.78 is 9.02. The lowest BCUT2D eigenvalue weighted by molar-refractivity contribution is 0.0970. The molecule has 0 aromatic carbocycles. The molecule has 4 nitrogen and oxygen atoms in total. The number of rotatable bonds is 3. The van der Waals surface area contributed by atoms with Crippen LogP contribution in [-0.4, -0.2) is 27.5 Å². The molecule has 1 aliphatic rings. The molecule has 0 amide bonds. The number of aromatic amines is 1. The molecule has 0 radical (unpaired) electrons. The van der Waals surface area contributed by atoms with Crippen molar-refractivity contribution in [2.75, 3.05) is 6.61 Å². The second-order valence-corrected chi connectivity index (χ2v) is 6.30. The van der Waals surface area contributed by atoms with Crippen LogP contribution in [0.4, 0.5) is 0 Å². The van der Waals surface area contributed by atoms with Crippen molar-refractivity contribution in [3.8, 4) is 10.7 Å². The number of hydrogen-bond donors (Lipinski definition) is 1. The Morgan fingerprint density at radius 1 is 1.61 bits per heavy atom. The largest absolute Gasteiger partial charge is 0.376 e. The molecule has 0 bridgehead atoms. The lowest BCUT2D eigenvalue weighted by atomic mass is 10.2. The topological polar surface area (TPSA) is 42.8 Å². The molecule has 0 spiro atoms. The summed E-state index contributed by atoms with van der Waals surface area (Å²) in [6, 6.07) is 3.83. The summed E-state index contributed by atoms with van der Waals surface area (Å²) in [6.45, 7) is 1.59. The Kier molecular flexibility index (Phi) is 3.52. The van der Waals surface area contributed by atoms with Crippen LogP contribution < -0.4 is 0 Å². The van der Waals surface area contributed by atoms with Gasteiger partial charge in [-0.2, -0.15) is 5.10 Å². The van der Waals surface area contributed by atoms with Gasteiger partial charge in [-0.3, -0.25) is 9.67 Å². The highest BCUT2D eigenvalue weighted by Gasteiger charge is 2.19. The molecule has 1 fully saturated rings. The molecule has 7 heteroatoms. The summed E-state index contributed by atoms with van der Waals surface area (Å²) in [4.78, 5) is 1.02. The molecule has 1 atom stereocenters. The number of hydrogen-bond acceptors (Lipinski definition) is 4. The van der Waals surface area contributed by atoms with E-state index in [4.69, 9.17) is 28.6 Å². The van der Waals surface area contributed by atoms with Crippen LogP contribution in [0.2, 0.25) is 4.34 Å². The van der Waals surface area contributed by atoms with Crippen molar-refractivity contribution < 1.29 is 4.74 Å². The fourth-order valence-electron chi connectivity index (χ4n) is 2.10. The molecule has 0 unspecified atom stereocenters. The zero-order valence-electron chi connectivity index (χ0n) is 9.56. The van der Waals surface area contributed by atoms with Crippen molar-refractivity contribution in [2.45, 2.75) is 25.5 Å². The standard InChI is InChI=1S/C11H12ClN3OS2/c12-9-4-3-8(18-9)10-13-14-11(17)15(10)6-7-2-1-5-16-7/h3-4,7H,1-2,5-6H2,(H,14,17)/t7-/m0/s1. The van der Waals surface area contributed by atoms with Crippen molar-refractivity contribution in [2.24, 2.45) is 0 Å². The fourth-order valence-corrected chi connectivity index (χ4v) is 3.35. The summed E-state index contributed by atoms with van der Waals surface area (Å²) in [6.07, 6.45) is 2.44. The van der Waals surface area contributed by atoms with Gasteiger partial charge in [0.25, 0.3) is 0 Å². The van der Waals surface area contributed by atoms with Crippen LogP contribution in [0.3, 0.4) is 0 Å². The second-order valence-electron chi connectivity index (χ2n) is 4.20. The van der Waals surface area contributed by atoms with E-state index in [1.807, 2.05) is 16.7 Å². The minimum absolute atomic E-state index is 0.239. The molecule has 18 heavy (non-hydrogen) atoms. The molecule has 2 aromatic heterocycles. The van der Waals surface area contributed by atoms with E-state index in [0.29, 0.717) is 4.77 Å². The Hall–Kier alpha value is -0.690. The second kappa shape index (κ2) is 5.13. The molecule has 1 saturated heterocycles. The minimum atomic E-state index is 0.239. The monoisotopic (exact) mass is 301 g/mol.